The van der Waals surface area contributed by atoms with Gasteiger partial charge in [-0.15, -0.1) is 0 Å². The third kappa shape index (κ3) is 5.97. The van der Waals surface area contributed by atoms with Gasteiger partial charge < -0.3 is 10.2 Å². The molecule has 0 aromatic heterocycles. The van der Waals surface area contributed by atoms with E-state index in [1.807, 2.05) is 4.90 Å². The van der Waals surface area contributed by atoms with Crippen LogP contribution in [0.5, 0.6) is 0 Å². The van der Waals surface area contributed by atoms with Crippen LogP contribution in [0.3, 0.4) is 0 Å². The fourth-order valence-electron chi connectivity index (χ4n) is 5.19. The predicted molar refractivity (Wildman–Crippen MR) is 138 cm³/mol. The molecule has 1 aliphatic heterocycles. The van der Waals surface area contributed by atoms with E-state index in [9.17, 15) is 26.7 Å². The summed E-state index contributed by atoms with van der Waals surface area (Å²) >= 11 is 0. The molecule has 3 aromatic carbocycles. The molecule has 1 atom stereocenters. The molecule has 2 aliphatic rings. The number of likely N-dealkylation sites (tertiary alicyclic amines) is 1. The van der Waals surface area contributed by atoms with Crippen LogP contribution in [0.1, 0.15) is 64.3 Å². The number of amides is 1. The van der Waals surface area contributed by atoms with E-state index in [-0.39, 0.29) is 41.0 Å². The van der Waals surface area contributed by atoms with Crippen LogP contribution in [-0.2, 0) is 12.7 Å². The summed E-state index contributed by atoms with van der Waals surface area (Å²) in [7, 11) is 0. The highest BCUT2D eigenvalue weighted by Crippen LogP contribution is 2.42. The van der Waals surface area contributed by atoms with Gasteiger partial charge in [0.1, 0.15) is 11.6 Å². The Labute approximate surface area is 223 Å². The number of alkyl halides is 3. The number of benzene rings is 3. The fourth-order valence-corrected chi connectivity index (χ4v) is 5.19. The molecule has 5 rings (SSSR count). The normalized spacial score (nSPS) is 16.5. The maximum Gasteiger partial charge on any atom is 0.417 e. The molecule has 3 aromatic rings. The number of hydrogen-bond acceptors (Lipinski definition) is 2. The highest BCUT2D eigenvalue weighted by molar-refractivity contribution is 5.96. The second-order valence-corrected chi connectivity index (χ2v) is 10.4. The molecule has 0 radical (unpaired) electrons. The largest absolute Gasteiger partial charge is 0.417 e. The van der Waals surface area contributed by atoms with Crippen molar-refractivity contribution in [2.24, 2.45) is 5.92 Å². The smallest absolute Gasteiger partial charge is 0.356 e. The van der Waals surface area contributed by atoms with Gasteiger partial charge in [-0.3, -0.25) is 10.2 Å². The SMILES string of the molecule is Cc1cc(C(NC(=O)c2cc(CN3CCCC3=N)cc(-c3ccc(F)cc3C(F)(F)F)c2)C2CC2)ccc1F. The Morgan fingerprint density at radius 3 is 2.49 bits per heavy atom. The Kier molecular flexibility index (Phi) is 7.18. The van der Waals surface area contributed by atoms with Gasteiger partial charge in [-0.25, -0.2) is 8.78 Å². The summed E-state index contributed by atoms with van der Waals surface area (Å²) in [5.74, 6) is -1.20. The zero-order chi connectivity index (χ0) is 27.9. The van der Waals surface area contributed by atoms with Crippen LogP contribution in [-0.4, -0.2) is 23.2 Å². The summed E-state index contributed by atoms with van der Waals surface area (Å²) in [6, 6.07) is 11.4. The molecule has 1 heterocycles. The number of halogens is 5. The average Bonchev–Trinajstić information content (AvgIpc) is 3.65. The Bertz CT molecular complexity index is 1430. The van der Waals surface area contributed by atoms with Crippen molar-refractivity contribution in [2.75, 3.05) is 6.54 Å². The number of amidine groups is 1. The van der Waals surface area contributed by atoms with Gasteiger partial charge in [0, 0.05) is 25.1 Å². The summed E-state index contributed by atoms with van der Waals surface area (Å²) in [4.78, 5) is 15.4. The third-order valence-corrected chi connectivity index (χ3v) is 7.37. The molecule has 1 saturated carbocycles. The van der Waals surface area contributed by atoms with Crippen LogP contribution in [0.2, 0.25) is 0 Å². The maximum atomic E-state index is 13.9. The summed E-state index contributed by atoms with van der Waals surface area (Å²) in [5.41, 5.74) is 0.737. The zero-order valence-electron chi connectivity index (χ0n) is 21.3. The van der Waals surface area contributed by atoms with Gasteiger partial charge in [-0.2, -0.15) is 13.2 Å². The monoisotopic (exact) mass is 541 g/mol. The minimum Gasteiger partial charge on any atom is -0.356 e. The molecule has 204 valence electrons. The molecule has 2 N–H and O–H groups in total. The van der Waals surface area contributed by atoms with Gasteiger partial charge in [-0.1, -0.05) is 18.2 Å². The van der Waals surface area contributed by atoms with Gasteiger partial charge in [0.2, 0.25) is 0 Å². The van der Waals surface area contributed by atoms with E-state index in [4.69, 9.17) is 5.41 Å². The van der Waals surface area contributed by atoms with E-state index >= 15 is 0 Å². The van der Waals surface area contributed by atoms with E-state index in [0.29, 0.717) is 36.0 Å². The van der Waals surface area contributed by atoms with E-state index in [1.165, 1.54) is 12.1 Å². The minimum atomic E-state index is -4.80. The van der Waals surface area contributed by atoms with Crippen molar-refractivity contribution in [3.05, 3.63) is 94.0 Å². The first kappa shape index (κ1) is 26.8. The molecular weight excluding hydrogens is 513 g/mol. The Morgan fingerprint density at radius 2 is 1.85 bits per heavy atom. The summed E-state index contributed by atoms with van der Waals surface area (Å²) in [5, 5.41) is 11.2. The molecule has 4 nitrogen and oxygen atoms in total. The lowest BCUT2D eigenvalue weighted by Crippen LogP contribution is -2.30. The second kappa shape index (κ2) is 10.4. The first-order chi connectivity index (χ1) is 18.5. The van der Waals surface area contributed by atoms with Gasteiger partial charge in [0.05, 0.1) is 17.4 Å². The molecule has 0 spiro atoms. The second-order valence-electron chi connectivity index (χ2n) is 10.4. The van der Waals surface area contributed by atoms with Crippen LogP contribution >= 0.6 is 0 Å². The molecule has 39 heavy (non-hydrogen) atoms. The summed E-state index contributed by atoms with van der Waals surface area (Å²) in [6.07, 6.45) is -1.58. The number of carbonyl (C=O) groups excluding carboxylic acids is 1. The van der Waals surface area contributed by atoms with Gasteiger partial charge >= 0.3 is 6.18 Å². The highest BCUT2D eigenvalue weighted by Gasteiger charge is 2.36. The van der Waals surface area contributed by atoms with Crippen LogP contribution in [0.4, 0.5) is 22.0 Å². The average molecular weight is 542 g/mol. The Balaban J connectivity index is 1.54. The molecule has 1 saturated heterocycles. The molecule has 1 amide bonds. The molecule has 1 unspecified atom stereocenters. The standard InChI is InChI=1S/C30H28F5N3O/c1-17-11-20(6-9-26(17)32)28(19-4-5-19)37-29(39)22-13-18(16-38-10-2-3-27(38)36)12-21(14-22)24-8-7-23(31)15-25(24)30(33,34)35/h6-9,11-15,19,28,36H,2-5,10,16H2,1H3,(H,37,39). The zero-order valence-corrected chi connectivity index (χ0v) is 21.3. The Morgan fingerprint density at radius 1 is 1.08 bits per heavy atom. The van der Waals surface area contributed by atoms with Crippen molar-refractivity contribution in [2.45, 2.75) is 51.4 Å². The number of carbonyl (C=O) groups is 1. The summed E-state index contributed by atoms with van der Waals surface area (Å²) in [6.45, 7) is 2.55. The van der Waals surface area contributed by atoms with Crippen molar-refractivity contribution in [1.82, 2.24) is 10.2 Å². The molecule has 2 fully saturated rings. The fraction of sp³-hybridized carbons (Fsp3) is 0.333. The molecule has 9 heteroatoms. The molecular formula is C30H28F5N3O. The lowest BCUT2D eigenvalue weighted by molar-refractivity contribution is -0.137. The van der Waals surface area contributed by atoms with E-state index in [1.54, 1.807) is 31.2 Å². The first-order valence-corrected chi connectivity index (χ1v) is 12.9. The quantitative estimate of drug-likeness (QED) is 0.306. The minimum absolute atomic E-state index is 0.135. The van der Waals surface area contributed by atoms with Crippen LogP contribution in [0.25, 0.3) is 11.1 Å². The summed E-state index contributed by atoms with van der Waals surface area (Å²) < 4.78 is 69.3. The predicted octanol–water partition coefficient (Wildman–Crippen LogP) is 7.41. The third-order valence-electron chi connectivity index (χ3n) is 7.37. The van der Waals surface area contributed by atoms with Crippen molar-refractivity contribution in [1.29, 1.82) is 5.41 Å². The van der Waals surface area contributed by atoms with Gasteiger partial charge in [-0.05, 0) is 96.3 Å². The van der Waals surface area contributed by atoms with Gasteiger partial charge in [0.25, 0.3) is 5.91 Å². The van der Waals surface area contributed by atoms with E-state index in [2.05, 4.69) is 5.32 Å². The topological polar surface area (TPSA) is 56.2 Å². The van der Waals surface area contributed by atoms with Crippen molar-refractivity contribution in [3.8, 4) is 11.1 Å². The van der Waals surface area contributed by atoms with Gasteiger partial charge in [0.15, 0.2) is 0 Å². The lowest BCUT2D eigenvalue weighted by Gasteiger charge is -2.22. The van der Waals surface area contributed by atoms with Crippen molar-refractivity contribution < 1.29 is 26.7 Å². The number of nitrogens with zero attached hydrogens (tertiary/aromatic N) is 1. The maximum absolute atomic E-state index is 13.9. The Hall–Kier alpha value is -3.75. The molecule has 1 aliphatic carbocycles. The van der Waals surface area contributed by atoms with E-state index < -0.39 is 23.5 Å². The lowest BCUT2D eigenvalue weighted by atomic mass is 9.94. The first-order valence-electron chi connectivity index (χ1n) is 12.9. The van der Waals surface area contributed by atoms with Crippen molar-refractivity contribution >= 4 is 11.7 Å². The number of rotatable bonds is 7. The van der Waals surface area contributed by atoms with E-state index in [0.717, 1.165) is 37.0 Å². The highest BCUT2D eigenvalue weighted by atomic mass is 19.4. The van der Waals surface area contributed by atoms with Crippen LogP contribution in [0, 0.1) is 29.9 Å². The number of hydrogen-bond donors (Lipinski definition) is 2. The van der Waals surface area contributed by atoms with Crippen molar-refractivity contribution in [3.63, 3.8) is 0 Å². The number of nitrogens with one attached hydrogen (secondary N) is 2. The van der Waals surface area contributed by atoms with Crippen LogP contribution in [0.15, 0.2) is 54.6 Å². The molecule has 0 bridgehead atoms. The van der Waals surface area contributed by atoms with Crippen LogP contribution < -0.4 is 5.32 Å². The number of aryl methyl sites for hydroxylation is 1.